The quantitative estimate of drug-likeness (QED) is 0.395. The maximum absolute atomic E-state index is 12.6. The van der Waals surface area contributed by atoms with Gasteiger partial charge in [0.2, 0.25) is 0 Å². The lowest BCUT2D eigenvalue weighted by Crippen LogP contribution is -2.13. The van der Waals surface area contributed by atoms with E-state index in [0.29, 0.717) is 11.5 Å². The van der Waals surface area contributed by atoms with E-state index < -0.39 is 5.91 Å². The Balaban J connectivity index is 1.74. The Morgan fingerprint density at radius 3 is 2.15 bits per heavy atom. The predicted octanol–water partition coefficient (Wildman–Crippen LogP) is 4.91. The normalized spacial score (nSPS) is 10.8. The van der Waals surface area contributed by atoms with Crippen LogP contribution in [0.5, 0.6) is 5.75 Å². The van der Waals surface area contributed by atoms with Crippen LogP contribution < -0.4 is 15.8 Å². The molecule has 162 valence electrons. The van der Waals surface area contributed by atoms with E-state index in [9.17, 15) is 4.79 Å². The number of anilines is 2. The number of nitrogens with one attached hydrogen (secondary N) is 1. The van der Waals surface area contributed by atoms with Gasteiger partial charge in [-0.3, -0.25) is 4.79 Å². The van der Waals surface area contributed by atoms with Crippen LogP contribution in [0.3, 0.4) is 0 Å². The van der Waals surface area contributed by atoms with Crippen LogP contribution in [-0.4, -0.2) is 27.6 Å². The molecule has 0 saturated carbocycles. The summed E-state index contributed by atoms with van der Waals surface area (Å²) in [6.07, 6.45) is 0. The van der Waals surface area contributed by atoms with Gasteiger partial charge >= 0.3 is 0 Å². The number of aromatic nitrogens is 3. The lowest BCUT2D eigenvalue weighted by molar-refractivity contribution is 0.100. The van der Waals surface area contributed by atoms with Crippen molar-refractivity contribution in [1.82, 2.24) is 14.6 Å². The summed E-state index contributed by atoms with van der Waals surface area (Å²) < 4.78 is 6.88. The van der Waals surface area contributed by atoms with Crippen LogP contribution in [0.4, 0.5) is 11.5 Å². The van der Waals surface area contributed by atoms with Crippen molar-refractivity contribution < 1.29 is 9.53 Å². The molecule has 2 aromatic heterocycles. The second-order valence-corrected chi connectivity index (χ2v) is 7.44. The smallest absolute Gasteiger partial charge is 0.256 e. The second kappa shape index (κ2) is 8.47. The molecule has 0 unspecified atom stereocenters. The van der Waals surface area contributed by atoms with E-state index in [-0.39, 0.29) is 5.56 Å². The minimum atomic E-state index is -0.613. The first kappa shape index (κ1) is 20.3. The number of hydrogen-bond donors (Lipinski definition) is 2. The zero-order chi connectivity index (χ0) is 22.8. The van der Waals surface area contributed by atoms with Crippen LogP contribution in [0.2, 0.25) is 0 Å². The second-order valence-electron chi connectivity index (χ2n) is 7.44. The number of nitrogens with zero attached hydrogens (tertiary/aromatic N) is 3. The molecule has 7 heteroatoms. The van der Waals surface area contributed by atoms with Crippen molar-refractivity contribution >= 4 is 23.1 Å². The van der Waals surface area contributed by atoms with Crippen molar-refractivity contribution in [3.05, 3.63) is 96.6 Å². The molecule has 2 heterocycles. The summed E-state index contributed by atoms with van der Waals surface area (Å²) >= 11 is 0. The molecule has 0 atom stereocenters. The van der Waals surface area contributed by atoms with Gasteiger partial charge in [0.15, 0.2) is 11.5 Å². The van der Waals surface area contributed by atoms with Gasteiger partial charge in [0.25, 0.3) is 5.91 Å². The molecule has 0 fully saturated rings. The molecule has 1 amide bonds. The number of hydrogen-bond acceptors (Lipinski definition) is 5. The van der Waals surface area contributed by atoms with E-state index in [1.165, 1.54) is 0 Å². The molecule has 3 N–H and O–H groups in total. The third-order valence-corrected chi connectivity index (χ3v) is 5.33. The Kier molecular flexibility index (Phi) is 5.20. The fraction of sp³-hybridized carbons (Fsp3) is 0.0385. The van der Waals surface area contributed by atoms with E-state index in [4.69, 9.17) is 20.6 Å². The first-order valence-corrected chi connectivity index (χ1v) is 10.4. The predicted molar refractivity (Wildman–Crippen MR) is 129 cm³/mol. The zero-order valence-electron chi connectivity index (χ0n) is 17.9. The van der Waals surface area contributed by atoms with Gasteiger partial charge in [-0.25, -0.2) is 9.50 Å². The first-order chi connectivity index (χ1) is 16.1. The van der Waals surface area contributed by atoms with Crippen LogP contribution in [0, 0.1) is 0 Å². The van der Waals surface area contributed by atoms with E-state index >= 15 is 0 Å². The summed E-state index contributed by atoms with van der Waals surface area (Å²) in [5, 5.41) is 7.90. The van der Waals surface area contributed by atoms with Crippen LogP contribution in [0.25, 0.3) is 28.2 Å². The van der Waals surface area contributed by atoms with Crippen molar-refractivity contribution in [2.75, 3.05) is 12.4 Å². The van der Waals surface area contributed by atoms with Gasteiger partial charge in [-0.2, -0.15) is 0 Å². The lowest BCUT2D eigenvalue weighted by atomic mass is 10.1. The molecular weight excluding hydrogens is 414 g/mol. The van der Waals surface area contributed by atoms with Crippen LogP contribution in [0.1, 0.15) is 10.4 Å². The number of methoxy groups -OCH3 is 1. The molecule has 0 aliphatic rings. The molecule has 0 radical (unpaired) electrons. The van der Waals surface area contributed by atoms with Gasteiger partial charge < -0.3 is 15.8 Å². The fourth-order valence-corrected chi connectivity index (χ4v) is 3.71. The molecule has 5 aromatic rings. The average molecular weight is 435 g/mol. The summed E-state index contributed by atoms with van der Waals surface area (Å²) in [6, 6.07) is 28.9. The third-order valence-electron chi connectivity index (χ3n) is 5.33. The maximum atomic E-state index is 12.6. The Bertz CT molecular complexity index is 1430. The SMILES string of the molecule is COc1ccc(Nc2nn3c(-c4ccccc4)cc(-c4ccccc4)nc3c2C(N)=O)cc1. The van der Waals surface area contributed by atoms with Gasteiger partial charge in [0, 0.05) is 16.8 Å². The van der Waals surface area contributed by atoms with Crippen molar-refractivity contribution in [3.8, 4) is 28.3 Å². The highest BCUT2D eigenvalue weighted by Crippen LogP contribution is 2.31. The number of carbonyl (C=O) groups is 1. The molecule has 0 aliphatic heterocycles. The molecule has 0 saturated heterocycles. The van der Waals surface area contributed by atoms with Crippen molar-refractivity contribution in [3.63, 3.8) is 0 Å². The third kappa shape index (κ3) is 3.87. The lowest BCUT2D eigenvalue weighted by Gasteiger charge is -2.09. The highest BCUT2D eigenvalue weighted by molar-refractivity contribution is 6.04. The molecule has 3 aromatic carbocycles. The number of carbonyl (C=O) groups excluding carboxylic acids is 1. The maximum Gasteiger partial charge on any atom is 0.256 e. The highest BCUT2D eigenvalue weighted by atomic mass is 16.5. The molecule has 0 bridgehead atoms. The summed E-state index contributed by atoms with van der Waals surface area (Å²) in [5.41, 5.74) is 10.6. The number of benzene rings is 3. The standard InChI is InChI=1S/C26H21N5O2/c1-33-20-14-12-19(13-15-20)28-25-23(24(27)32)26-29-21(17-8-4-2-5-9-17)16-22(31(26)30-25)18-10-6-3-7-11-18/h2-16H,1H3,(H2,27,32)(H,28,30). The Hall–Kier alpha value is -4.65. The van der Waals surface area contributed by atoms with Crippen molar-refractivity contribution in [2.45, 2.75) is 0 Å². The van der Waals surface area contributed by atoms with Crippen molar-refractivity contribution in [2.24, 2.45) is 5.73 Å². The van der Waals surface area contributed by atoms with Gasteiger partial charge in [-0.1, -0.05) is 60.7 Å². The molecular formula is C26H21N5O2. The monoisotopic (exact) mass is 435 g/mol. The Morgan fingerprint density at radius 2 is 1.55 bits per heavy atom. The Labute approximate surface area is 190 Å². The minimum Gasteiger partial charge on any atom is -0.497 e. The highest BCUT2D eigenvalue weighted by Gasteiger charge is 2.22. The zero-order valence-corrected chi connectivity index (χ0v) is 17.9. The number of amides is 1. The summed E-state index contributed by atoms with van der Waals surface area (Å²) in [7, 11) is 1.61. The number of nitrogens with two attached hydrogens (primary N) is 1. The summed E-state index contributed by atoms with van der Waals surface area (Å²) in [4.78, 5) is 17.3. The largest absolute Gasteiger partial charge is 0.497 e. The van der Waals surface area contributed by atoms with Crippen LogP contribution in [-0.2, 0) is 0 Å². The van der Waals surface area contributed by atoms with Gasteiger partial charge in [0.1, 0.15) is 11.3 Å². The number of fused-ring (bicyclic) bond motifs is 1. The van der Waals surface area contributed by atoms with Gasteiger partial charge in [-0.05, 0) is 30.3 Å². The molecule has 0 spiro atoms. The molecule has 0 aliphatic carbocycles. The van der Waals surface area contributed by atoms with E-state index in [1.54, 1.807) is 11.6 Å². The number of rotatable bonds is 6. The first-order valence-electron chi connectivity index (χ1n) is 10.4. The van der Waals surface area contributed by atoms with E-state index in [2.05, 4.69) is 5.32 Å². The topological polar surface area (TPSA) is 94.5 Å². The van der Waals surface area contributed by atoms with E-state index in [1.807, 2.05) is 91.0 Å². The minimum absolute atomic E-state index is 0.223. The van der Waals surface area contributed by atoms with Crippen LogP contribution >= 0.6 is 0 Å². The van der Waals surface area contributed by atoms with Gasteiger partial charge in [-0.15, -0.1) is 5.10 Å². The van der Waals surface area contributed by atoms with Crippen molar-refractivity contribution in [1.29, 1.82) is 0 Å². The number of primary amides is 1. The average Bonchev–Trinajstić information content (AvgIpc) is 3.23. The Morgan fingerprint density at radius 1 is 0.909 bits per heavy atom. The molecule has 7 nitrogen and oxygen atoms in total. The summed E-state index contributed by atoms with van der Waals surface area (Å²) in [6.45, 7) is 0. The fourth-order valence-electron chi connectivity index (χ4n) is 3.71. The van der Waals surface area contributed by atoms with Gasteiger partial charge in [0.05, 0.1) is 18.5 Å². The van der Waals surface area contributed by atoms with Crippen LogP contribution in [0.15, 0.2) is 91.0 Å². The number of ether oxygens (including phenoxy) is 1. The molecule has 5 rings (SSSR count). The molecule has 33 heavy (non-hydrogen) atoms. The van der Waals surface area contributed by atoms with E-state index in [0.717, 1.165) is 34.0 Å². The summed E-state index contributed by atoms with van der Waals surface area (Å²) in [5.74, 6) is 0.450.